The lowest BCUT2D eigenvalue weighted by Gasteiger charge is -2.26. The second-order valence-electron chi connectivity index (χ2n) is 5.28. The van der Waals surface area contributed by atoms with E-state index < -0.39 is 0 Å². The Labute approximate surface area is 120 Å². The summed E-state index contributed by atoms with van der Waals surface area (Å²) in [4.78, 5) is 11.4. The van der Waals surface area contributed by atoms with Gasteiger partial charge in [0.1, 0.15) is 17.5 Å². The van der Waals surface area contributed by atoms with Crippen molar-refractivity contribution in [3.8, 4) is 0 Å². The van der Waals surface area contributed by atoms with Crippen LogP contribution in [0.25, 0.3) is 0 Å². The number of hydrogen-bond donors (Lipinski definition) is 3. The highest BCUT2D eigenvalue weighted by Crippen LogP contribution is 2.28. The third kappa shape index (κ3) is 3.58. The molecule has 6 heteroatoms. The summed E-state index contributed by atoms with van der Waals surface area (Å²) in [5.41, 5.74) is 2.63. The monoisotopic (exact) mass is 279 g/mol. The molecule has 112 valence electrons. The van der Waals surface area contributed by atoms with Crippen molar-refractivity contribution in [1.82, 2.24) is 9.97 Å². The first kappa shape index (κ1) is 15.0. The first-order chi connectivity index (χ1) is 9.78. The summed E-state index contributed by atoms with van der Waals surface area (Å²) in [6, 6.07) is 2.38. The number of rotatable bonds is 7. The van der Waals surface area contributed by atoms with Crippen molar-refractivity contribution in [2.75, 3.05) is 23.5 Å². The molecule has 1 saturated heterocycles. The van der Waals surface area contributed by atoms with Crippen LogP contribution in [0.3, 0.4) is 0 Å². The van der Waals surface area contributed by atoms with Crippen LogP contribution in [0.4, 0.5) is 11.6 Å². The molecule has 0 radical (unpaired) electrons. The molecule has 0 amide bonds. The molecule has 0 spiro atoms. The van der Waals surface area contributed by atoms with E-state index in [0.29, 0.717) is 11.9 Å². The zero-order valence-electron chi connectivity index (χ0n) is 12.2. The van der Waals surface area contributed by atoms with E-state index in [1.165, 1.54) is 12.8 Å². The molecule has 1 aromatic heterocycles. The van der Waals surface area contributed by atoms with E-state index in [1.807, 2.05) is 6.07 Å². The van der Waals surface area contributed by atoms with Crippen LogP contribution in [0.2, 0.25) is 0 Å². The third-order valence-corrected chi connectivity index (χ3v) is 3.75. The Morgan fingerprint density at radius 2 is 2.35 bits per heavy atom. The number of aliphatic hydroxyl groups is 1. The predicted octanol–water partition coefficient (Wildman–Crippen LogP) is 1.46. The molecule has 0 aliphatic carbocycles. The first-order valence-corrected chi connectivity index (χ1v) is 7.50. The van der Waals surface area contributed by atoms with Crippen LogP contribution in [0, 0.1) is 0 Å². The molecule has 1 fully saturated rings. The van der Waals surface area contributed by atoms with Crippen LogP contribution in [0.15, 0.2) is 6.07 Å². The van der Waals surface area contributed by atoms with E-state index in [9.17, 15) is 0 Å². The molecular weight excluding hydrogens is 254 g/mol. The van der Waals surface area contributed by atoms with Gasteiger partial charge < -0.3 is 15.4 Å². The minimum absolute atomic E-state index is 0.255. The van der Waals surface area contributed by atoms with E-state index in [0.717, 1.165) is 43.9 Å². The van der Waals surface area contributed by atoms with Crippen molar-refractivity contribution in [3.63, 3.8) is 0 Å². The Morgan fingerprint density at radius 1 is 1.50 bits per heavy atom. The fourth-order valence-electron chi connectivity index (χ4n) is 2.80. The minimum Gasteiger partial charge on any atom is -0.396 e. The highest BCUT2D eigenvalue weighted by molar-refractivity contribution is 5.50. The number of hydrazine groups is 1. The Hall–Kier alpha value is -1.40. The Kier molecular flexibility index (Phi) is 5.55. The summed E-state index contributed by atoms with van der Waals surface area (Å²) in [5.74, 6) is 7.97. The number of hydrogen-bond acceptors (Lipinski definition) is 6. The van der Waals surface area contributed by atoms with Crippen LogP contribution in [0.5, 0.6) is 0 Å². The van der Waals surface area contributed by atoms with Gasteiger partial charge in [0.25, 0.3) is 0 Å². The highest BCUT2D eigenvalue weighted by atomic mass is 16.2. The van der Waals surface area contributed by atoms with Crippen molar-refractivity contribution in [1.29, 1.82) is 0 Å². The average Bonchev–Trinajstić information content (AvgIpc) is 2.93. The largest absolute Gasteiger partial charge is 0.396 e. The van der Waals surface area contributed by atoms with Crippen LogP contribution in [-0.4, -0.2) is 34.3 Å². The van der Waals surface area contributed by atoms with Crippen molar-refractivity contribution < 1.29 is 5.11 Å². The lowest BCUT2D eigenvalue weighted by molar-refractivity contribution is 0.279. The van der Waals surface area contributed by atoms with Gasteiger partial charge in [0.2, 0.25) is 0 Å². The number of anilines is 2. The standard InChI is InChI=1S/C14H25N5O/c1-2-5-12-16-13(18-15)10-14(17-12)19-8-3-6-11(19)7-4-9-20/h10-11,20H,2-9,15H2,1H3,(H,16,17,18). The molecule has 6 nitrogen and oxygen atoms in total. The number of nitrogens with one attached hydrogen (secondary N) is 1. The molecule has 1 aromatic rings. The molecule has 2 rings (SSSR count). The summed E-state index contributed by atoms with van der Waals surface area (Å²) in [6.45, 7) is 3.39. The van der Waals surface area contributed by atoms with Gasteiger partial charge in [-0.2, -0.15) is 0 Å². The van der Waals surface area contributed by atoms with E-state index >= 15 is 0 Å². The summed E-state index contributed by atoms with van der Waals surface area (Å²) >= 11 is 0. The number of nitrogens with two attached hydrogens (primary N) is 1. The van der Waals surface area contributed by atoms with E-state index in [1.54, 1.807) is 0 Å². The molecule has 0 aromatic carbocycles. The van der Waals surface area contributed by atoms with Gasteiger partial charge >= 0.3 is 0 Å². The van der Waals surface area contributed by atoms with Gasteiger partial charge in [0.15, 0.2) is 0 Å². The second-order valence-corrected chi connectivity index (χ2v) is 5.28. The fourth-order valence-corrected chi connectivity index (χ4v) is 2.80. The van der Waals surface area contributed by atoms with Gasteiger partial charge in [-0.05, 0) is 32.1 Å². The van der Waals surface area contributed by atoms with Crippen molar-refractivity contribution in [3.05, 3.63) is 11.9 Å². The molecule has 20 heavy (non-hydrogen) atoms. The van der Waals surface area contributed by atoms with Gasteiger partial charge in [0, 0.05) is 31.7 Å². The van der Waals surface area contributed by atoms with Gasteiger partial charge in [-0.1, -0.05) is 6.92 Å². The van der Waals surface area contributed by atoms with Crippen molar-refractivity contribution in [2.24, 2.45) is 5.84 Å². The van der Waals surface area contributed by atoms with Gasteiger partial charge in [-0.3, -0.25) is 0 Å². The second kappa shape index (κ2) is 7.40. The average molecular weight is 279 g/mol. The number of aliphatic hydroxyl groups excluding tert-OH is 1. The summed E-state index contributed by atoms with van der Waals surface area (Å²) in [7, 11) is 0. The van der Waals surface area contributed by atoms with Crippen LogP contribution in [-0.2, 0) is 6.42 Å². The molecule has 2 heterocycles. The molecule has 1 aliphatic rings. The molecule has 1 atom stereocenters. The molecule has 1 unspecified atom stereocenters. The maximum Gasteiger partial charge on any atom is 0.145 e. The summed E-state index contributed by atoms with van der Waals surface area (Å²) < 4.78 is 0. The number of nitrogens with zero attached hydrogens (tertiary/aromatic N) is 3. The van der Waals surface area contributed by atoms with Crippen LogP contribution < -0.4 is 16.2 Å². The van der Waals surface area contributed by atoms with E-state index in [-0.39, 0.29) is 6.61 Å². The molecule has 0 bridgehead atoms. The lowest BCUT2D eigenvalue weighted by atomic mass is 10.1. The molecule has 4 N–H and O–H groups in total. The number of aromatic nitrogens is 2. The minimum atomic E-state index is 0.255. The quantitative estimate of drug-likeness (QED) is 0.517. The summed E-state index contributed by atoms with van der Waals surface area (Å²) in [5, 5.41) is 9.01. The van der Waals surface area contributed by atoms with Crippen molar-refractivity contribution in [2.45, 2.75) is 51.5 Å². The summed E-state index contributed by atoms with van der Waals surface area (Å²) in [6.07, 6.45) is 6.07. The van der Waals surface area contributed by atoms with Crippen LogP contribution in [0.1, 0.15) is 44.9 Å². The zero-order chi connectivity index (χ0) is 14.4. The maximum atomic E-state index is 9.01. The predicted molar refractivity (Wildman–Crippen MR) is 80.5 cm³/mol. The highest BCUT2D eigenvalue weighted by Gasteiger charge is 2.25. The van der Waals surface area contributed by atoms with Gasteiger partial charge in [-0.15, -0.1) is 0 Å². The molecule has 0 saturated carbocycles. The Balaban J connectivity index is 2.19. The smallest absolute Gasteiger partial charge is 0.145 e. The van der Waals surface area contributed by atoms with Crippen LogP contribution >= 0.6 is 0 Å². The van der Waals surface area contributed by atoms with Gasteiger partial charge in [0.05, 0.1) is 0 Å². The molecular formula is C14H25N5O. The number of aryl methyl sites for hydroxylation is 1. The van der Waals surface area contributed by atoms with E-state index in [2.05, 4.69) is 27.2 Å². The Bertz CT molecular complexity index is 426. The fraction of sp³-hybridized carbons (Fsp3) is 0.714. The lowest BCUT2D eigenvalue weighted by Crippen LogP contribution is -2.30. The van der Waals surface area contributed by atoms with Crippen molar-refractivity contribution >= 4 is 11.6 Å². The molecule has 1 aliphatic heterocycles. The third-order valence-electron chi connectivity index (χ3n) is 3.75. The SMILES string of the molecule is CCCc1nc(NN)cc(N2CCCC2CCCO)n1. The van der Waals surface area contributed by atoms with E-state index in [4.69, 9.17) is 10.9 Å². The normalized spacial score (nSPS) is 18.6. The first-order valence-electron chi connectivity index (χ1n) is 7.50. The van der Waals surface area contributed by atoms with Gasteiger partial charge in [-0.25, -0.2) is 15.8 Å². The number of nitrogen functional groups attached to an aromatic ring is 1. The Morgan fingerprint density at radius 3 is 3.05 bits per heavy atom. The topological polar surface area (TPSA) is 87.3 Å². The maximum absolute atomic E-state index is 9.01. The zero-order valence-corrected chi connectivity index (χ0v) is 12.2.